The van der Waals surface area contributed by atoms with E-state index in [-0.39, 0.29) is 5.41 Å². The zero-order chi connectivity index (χ0) is 28.7. The smallest absolute Gasteiger partial charge is 0.0159 e. The van der Waals surface area contributed by atoms with Crippen LogP contribution in [0.4, 0.5) is 0 Å². The van der Waals surface area contributed by atoms with E-state index in [0.717, 1.165) is 0 Å². The van der Waals surface area contributed by atoms with E-state index in [0.29, 0.717) is 0 Å². The lowest BCUT2D eigenvalue weighted by atomic mass is 9.68. The Bertz CT molecular complexity index is 2410. The summed E-state index contributed by atoms with van der Waals surface area (Å²) in [6, 6.07) is 54.1. The molecule has 0 saturated heterocycles. The van der Waals surface area contributed by atoms with Crippen LogP contribution in [-0.2, 0) is 5.41 Å². The molecule has 8 aromatic rings. The first kappa shape index (κ1) is 24.4. The van der Waals surface area contributed by atoms with Gasteiger partial charge >= 0.3 is 0 Å². The number of fused-ring (bicyclic) bond motifs is 6. The predicted octanol–water partition coefficient (Wildman–Crippen LogP) is 11.9. The predicted molar refractivity (Wildman–Crippen MR) is 185 cm³/mol. The van der Waals surface area contributed by atoms with Gasteiger partial charge in [-0.05, 0) is 93.7 Å². The summed E-state index contributed by atoms with van der Waals surface area (Å²) in [5.41, 5.74) is 10.6. The van der Waals surface area contributed by atoms with E-state index < -0.39 is 0 Å². The largest absolute Gasteiger partial charge is 0.0622 e. The molecular formula is C43H30. The Labute approximate surface area is 251 Å². The summed E-state index contributed by atoms with van der Waals surface area (Å²) in [6.45, 7) is 4.75. The standard InChI is InChI=1S/C43H30/c1-43(2)38-21-9-8-17-32(38)35-20-11-19-34-31(24-25-39(43)42(34)35)33-18-10-15-28-22-23-36-37(41(28)33)26-29-14-6-7-16-30(29)40(36)27-12-4-3-5-13-27/h3-26H,1-2H3. The average Bonchev–Trinajstić information content (AvgIpc) is 3.06. The molecule has 0 heteroatoms. The van der Waals surface area contributed by atoms with Crippen molar-refractivity contribution in [1.82, 2.24) is 0 Å². The van der Waals surface area contributed by atoms with Crippen molar-refractivity contribution in [2.24, 2.45) is 0 Å². The number of hydrogen-bond acceptors (Lipinski definition) is 0. The van der Waals surface area contributed by atoms with E-state index >= 15 is 0 Å². The van der Waals surface area contributed by atoms with Crippen molar-refractivity contribution in [3.05, 3.63) is 157 Å². The number of rotatable bonds is 2. The summed E-state index contributed by atoms with van der Waals surface area (Å²) < 4.78 is 0. The van der Waals surface area contributed by atoms with Gasteiger partial charge in [0.25, 0.3) is 0 Å². The fourth-order valence-electron chi connectivity index (χ4n) is 7.86. The monoisotopic (exact) mass is 546 g/mol. The zero-order valence-electron chi connectivity index (χ0n) is 24.4. The van der Waals surface area contributed by atoms with Gasteiger partial charge in [-0.2, -0.15) is 0 Å². The maximum Gasteiger partial charge on any atom is 0.0159 e. The van der Waals surface area contributed by atoms with Gasteiger partial charge in [0.1, 0.15) is 0 Å². The Morgan fingerprint density at radius 3 is 1.93 bits per heavy atom. The third-order valence-electron chi connectivity index (χ3n) is 9.84. The lowest BCUT2D eigenvalue weighted by Crippen LogP contribution is -2.23. The van der Waals surface area contributed by atoms with Crippen LogP contribution >= 0.6 is 0 Å². The quantitative estimate of drug-likeness (QED) is 0.149. The van der Waals surface area contributed by atoms with Crippen LogP contribution < -0.4 is 0 Å². The lowest BCUT2D eigenvalue weighted by molar-refractivity contribution is 0.645. The van der Waals surface area contributed by atoms with Gasteiger partial charge < -0.3 is 0 Å². The fraction of sp³-hybridized carbons (Fsp3) is 0.0698. The third kappa shape index (κ3) is 3.38. The van der Waals surface area contributed by atoms with Crippen molar-refractivity contribution in [3.8, 4) is 33.4 Å². The Morgan fingerprint density at radius 1 is 0.372 bits per heavy atom. The molecule has 0 amide bonds. The number of benzene rings is 8. The first-order valence-electron chi connectivity index (χ1n) is 15.2. The van der Waals surface area contributed by atoms with Gasteiger partial charge in [0.2, 0.25) is 0 Å². The molecule has 0 aromatic heterocycles. The van der Waals surface area contributed by atoms with Crippen molar-refractivity contribution in [2.45, 2.75) is 19.3 Å². The van der Waals surface area contributed by atoms with Crippen LogP contribution in [0.25, 0.3) is 76.5 Å². The summed E-state index contributed by atoms with van der Waals surface area (Å²) in [4.78, 5) is 0. The molecule has 202 valence electrons. The summed E-state index contributed by atoms with van der Waals surface area (Å²) in [6.07, 6.45) is 0. The van der Waals surface area contributed by atoms with Crippen LogP contribution in [0.1, 0.15) is 25.0 Å². The van der Waals surface area contributed by atoms with Crippen molar-refractivity contribution in [3.63, 3.8) is 0 Å². The minimum Gasteiger partial charge on any atom is -0.0622 e. The van der Waals surface area contributed by atoms with E-state index in [2.05, 4.69) is 159 Å². The molecule has 9 rings (SSSR count). The summed E-state index contributed by atoms with van der Waals surface area (Å²) in [5, 5.41) is 10.5. The Hall–Kier alpha value is -5.20. The van der Waals surface area contributed by atoms with Gasteiger partial charge in [-0.1, -0.05) is 153 Å². The molecule has 0 radical (unpaired) electrons. The maximum atomic E-state index is 2.41. The van der Waals surface area contributed by atoms with Crippen molar-refractivity contribution in [1.29, 1.82) is 0 Å². The molecule has 0 N–H and O–H groups in total. The molecule has 0 unspecified atom stereocenters. The highest BCUT2D eigenvalue weighted by Gasteiger charge is 2.33. The highest BCUT2D eigenvalue weighted by molar-refractivity contribution is 6.24. The van der Waals surface area contributed by atoms with Crippen molar-refractivity contribution >= 4 is 43.1 Å². The summed E-state index contributed by atoms with van der Waals surface area (Å²) in [7, 11) is 0. The molecule has 0 heterocycles. The first-order valence-corrected chi connectivity index (χ1v) is 15.2. The number of hydrogen-bond donors (Lipinski definition) is 0. The van der Waals surface area contributed by atoms with E-state index in [4.69, 9.17) is 0 Å². The molecule has 0 spiro atoms. The lowest BCUT2D eigenvalue weighted by Gasteiger charge is -2.35. The SMILES string of the molecule is CC1(C)c2ccccc2-c2cccc3c(-c4cccc5ccc6c(-c7ccccc7)c7ccccc7cc6c45)ccc1c23. The summed E-state index contributed by atoms with van der Waals surface area (Å²) in [5.74, 6) is 0. The molecule has 1 aliphatic carbocycles. The van der Waals surface area contributed by atoms with Gasteiger partial charge in [0.15, 0.2) is 0 Å². The second kappa shape index (κ2) is 8.90. The van der Waals surface area contributed by atoms with Gasteiger partial charge in [-0.15, -0.1) is 0 Å². The van der Waals surface area contributed by atoms with E-state index in [1.54, 1.807) is 0 Å². The minimum atomic E-state index is -0.0727. The molecule has 0 nitrogen and oxygen atoms in total. The van der Waals surface area contributed by atoms with Gasteiger partial charge in [0, 0.05) is 5.41 Å². The van der Waals surface area contributed by atoms with E-state index in [1.807, 2.05) is 0 Å². The molecule has 43 heavy (non-hydrogen) atoms. The van der Waals surface area contributed by atoms with Gasteiger partial charge in [0.05, 0.1) is 0 Å². The summed E-state index contributed by atoms with van der Waals surface area (Å²) >= 11 is 0. The van der Waals surface area contributed by atoms with Crippen LogP contribution in [0.2, 0.25) is 0 Å². The Morgan fingerprint density at radius 2 is 1.05 bits per heavy atom. The molecule has 0 fully saturated rings. The molecule has 0 saturated carbocycles. The molecule has 0 bridgehead atoms. The van der Waals surface area contributed by atoms with Gasteiger partial charge in [-0.25, -0.2) is 0 Å². The van der Waals surface area contributed by atoms with Gasteiger partial charge in [-0.3, -0.25) is 0 Å². The van der Waals surface area contributed by atoms with Crippen LogP contribution in [0, 0.1) is 0 Å². The second-order valence-corrected chi connectivity index (χ2v) is 12.5. The molecular weight excluding hydrogens is 516 g/mol. The van der Waals surface area contributed by atoms with E-state index in [9.17, 15) is 0 Å². The second-order valence-electron chi connectivity index (χ2n) is 12.5. The average molecular weight is 547 g/mol. The highest BCUT2D eigenvalue weighted by Crippen LogP contribution is 2.51. The van der Waals surface area contributed by atoms with Crippen molar-refractivity contribution in [2.75, 3.05) is 0 Å². The van der Waals surface area contributed by atoms with Crippen LogP contribution in [0.5, 0.6) is 0 Å². The third-order valence-corrected chi connectivity index (χ3v) is 9.84. The Kier molecular flexibility index (Phi) is 5.05. The van der Waals surface area contributed by atoms with Crippen LogP contribution in [0.3, 0.4) is 0 Å². The van der Waals surface area contributed by atoms with Crippen LogP contribution in [0.15, 0.2) is 146 Å². The normalized spacial score (nSPS) is 13.5. The van der Waals surface area contributed by atoms with E-state index in [1.165, 1.54) is 87.6 Å². The Balaban J connectivity index is 1.42. The molecule has 0 atom stereocenters. The molecule has 0 aliphatic heterocycles. The fourth-order valence-corrected chi connectivity index (χ4v) is 7.86. The first-order chi connectivity index (χ1) is 21.1. The maximum absolute atomic E-state index is 2.41. The highest BCUT2D eigenvalue weighted by atomic mass is 14.4. The van der Waals surface area contributed by atoms with Crippen molar-refractivity contribution < 1.29 is 0 Å². The molecule has 8 aromatic carbocycles. The van der Waals surface area contributed by atoms with Crippen LogP contribution in [-0.4, -0.2) is 0 Å². The minimum absolute atomic E-state index is 0.0727. The zero-order valence-corrected chi connectivity index (χ0v) is 24.4. The topological polar surface area (TPSA) is 0 Å². The molecule has 1 aliphatic rings.